The highest BCUT2D eigenvalue weighted by atomic mass is 16.5. The molecule has 0 spiro atoms. The van der Waals surface area contributed by atoms with Crippen LogP contribution in [0.3, 0.4) is 0 Å². The zero-order valence-electron chi connectivity index (χ0n) is 21.6. The molecule has 0 saturated heterocycles. The molecule has 2 atom stereocenters. The Hall–Kier alpha value is -2.95. The summed E-state index contributed by atoms with van der Waals surface area (Å²) in [7, 11) is 8.55. The van der Waals surface area contributed by atoms with Crippen molar-refractivity contribution < 1.29 is 18.9 Å². The van der Waals surface area contributed by atoms with Crippen molar-refractivity contribution in [1.82, 2.24) is 4.90 Å². The van der Waals surface area contributed by atoms with Gasteiger partial charge in [0.25, 0.3) is 0 Å². The summed E-state index contributed by atoms with van der Waals surface area (Å²) in [6, 6.07) is 13.8. The summed E-state index contributed by atoms with van der Waals surface area (Å²) in [5.74, 6) is 2.70. The van der Waals surface area contributed by atoms with Crippen LogP contribution in [0.2, 0.25) is 0 Å². The first-order valence-electron chi connectivity index (χ1n) is 11.6. The minimum Gasteiger partial charge on any atom is -0.493 e. The lowest BCUT2D eigenvalue weighted by atomic mass is 9.67. The molecule has 2 rings (SSSR count). The zero-order chi connectivity index (χ0) is 25.3. The number of ether oxygens (including phenoxy) is 4. The Labute approximate surface area is 204 Å². The molecule has 0 fully saturated rings. The van der Waals surface area contributed by atoms with Crippen molar-refractivity contribution in [1.29, 1.82) is 5.26 Å². The highest BCUT2D eigenvalue weighted by molar-refractivity contribution is 5.48. The second kappa shape index (κ2) is 12.5. The fraction of sp³-hybridized carbons (Fsp3) is 0.519. The van der Waals surface area contributed by atoms with E-state index in [1.54, 1.807) is 28.4 Å². The van der Waals surface area contributed by atoms with Gasteiger partial charge in [-0.2, -0.15) is 5.26 Å². The number of nitriles is 1. The standard InChI is InChI=1S/C27H39N3O4/c1-19(2)27(18-28,21-9-11-23(32-5)25(17-21)34-7)26(29)13-15-30(3)14-12-20-8-10-22(31-4)24(16-20)33-6/h8-11,16-17,19,26H,12-15,29H2,1-7H3. The molecule has 34 heavy (non-hydrogen) atoms. The first-order valence-corrected chi connectivity index (χ1v) is 11.6. The number of benzene rings is 2. The van der Waals surface area contributed by atoms with E-state index in [4.69, 9.17) is 24.7 Å². The van der Waals surface area contributed by atoms with Crippen molar-refractivity contribution in [3.05, 3.63) is 47.5 Å². The molecule has 0 aromatic heterocycles. The third-order valence-electron chi connectivity index (χ3n) is 6.59. The van der Waals surface area contributed by atoms with Gasteiger partial charge in [-0.1, -0.05) is 26.0 Å². The summed E-state index contributed by atoms with van der Waals surface area (Å²) < 4.78 is 21.6. The Morgan fingerprint density at radius 3 is 1.97 bits per heavy atom. The van der Waals surface area contributed by atoms with Gasteiger partial charge in [0.2, 0.25) is 0 Å². The average molecular weight is 470 g/mol. The molecule has 0 amide bonds. The van der Waals surface area contributed by atoms with Crippen LogP contribution in [-0.4, -0.2) is 59.5 Å². The van der Waals surface area contributed by atoms with Crippen LogP contribution in [-0.2, 0) is 11.8 Å². The molecule has 7 nitrogen and oxygen atoms in total. The van der Waals surface area contributed by atoms with E-state index in [0.29, 0.717) is 17.9 Å². The summed E-state index contributed by atoms with van der Waals surface area (Å²) >= 11 is 0. The molecule has 2 unspecified atom stereocenters. The van der Waals surface area contributed by atoms with E-state index in [-0.39, 0.29) is 12.0 Å². The Morgan fingerprint density at radius 2 is 1.44 bits per heavy atom. The van der Waals surface area contributed by atoms with E-state index in [1.807, 2.05) is 44.2 Å². The van der Waals surface area contributed by atoms with Crippen molar-refractivity contribution in [2.24, 2.45) is 11.7 Å². The predicted molar refractivity (Wildman–Crippen MR) is 135 cm³/mol. The van der Waals surface area contributed by atoms with E-state index in [0.717, 1.165) is 36.6 Å². The van der Waals surface area contributed by atoms with Crippen LogP contribution in [0.1, 0.15) is 31.4 Å². The fourth-order valence-corrected chi connectivity index (χ4v) is 4.40. The highest BCUT2D eigenvalue weighted by Gasteiger charge is 2.42. The molecule has 0 heterocycles. The van der Waals surface area contributed by atoms with Crippen molar-refractivity contribution >= 4 is 0 Å². The summed E-state index contributed by atoms with van der Waals surface area (Å²) in [4.78, 5) is 2.24. The van der Waals surface area contributed by atoms with Gasteiger partial charge in [0, 0.05) is 12.6 Å². The normalized spacial score (nSPS) is 13.8. The maximum absolute atomic E-state index is 10.3. The molecule has 2 aromatic carbocycles. The van der Waals surface area contributed by atoms with Crippen LogP contribution in [0.5, 0.6) is 23.0 Å². The molecule has 2 aromatic rings. The Morgan fingerprint density at radius 1 is 0.882 bits per heavy atom. The molecule has 0 aliphatic heterocycles. The lowest BCUT2D eigenvalue weighted by Gasteiger charge is -2.38. The smallest absolute Gasteiger partial charge is 0.161 e. The van der Waals surface area contributed by atoms with Gasteiger partial charge < -0.3 is 29.6 Å². The zero-order valence-corrected chi connectivity index (χ0v) is 21.6. The van der Waals surface area contributed by atoms with Crippen LogP contribution >= 0.6 is 0 Å². The number of rotatable bonds is 13. The van der Waals surface area contributed by atoms with E-state index < -0.39 is 5.41 Å². The van der Waals surface area contributed by atoms with Gasteiger partial charge in [0.05, 0.1) is 39.9 Å². The van der Waals surface area contributed by atoms with E-state index in [9.17, 15) is 5.26 Å². The Kier molecular flexibility index (Phi) is 10.0. The largest absolute Gasteiger partial charge is 0.493 e. The topological polar surface area (TPSA) is 90.0 Å². The Balaban J connectivity index is 2.10. The maximum atomic E-state index is 10.3. The number of likely N-dealkylation sites (N-methyl/N-ethyl adjacent to an activating group) is 1. The van der Waals surface area contributed by atoms with Gasteiger partial charge in [0.15, 0.2) is 23.0 Å². The highest BCUT2D eigenvalue weighted by Crippen LogP contribution is 2.40. The van der Waals surface area contributed by atoms with Gasteiger partial charge in [0.1, 0.15) is 0 Å². The van der Waals surface area contributed by atoms with Gasteiger partial charge in [-0.25, -0.2) is 0 Å². The van der Waals surface area contributed by atoms with Crippen LogP contribution < -0.4 is 24.7 Å². The molecule has 0 bridgehead atoms. The van der Waals surface area contributed by atoms with Crippen LogP contribution in [0.4, 0.5) is 0 Å². The Bertz CT molecular complexity index is 973. The second-order valence-electron chi connectivity index (χ2n) is 8.84. The van der Waals surface area contributed by atoms with Gasteiger partial charge in [-0.3, -0.25) is 0 Å². The molecule has 2 N–H and O–H groups in total. The molecular weight excluding hydrogens is 430 g/mol. The molecular formula is C27H39N3O4. The van der Waals surface area contributed by atoms with Crippen LogP contribution in [0, 0.1) is 17.2 Å². The lowest BCUT2D eigenvalue weighted by molar-refractivity contribution is 0.264. The first kappa shape index (κ1) is 27.3. The SMILES string of the molecule is COc1ccc(CCN(C)CCC(N)C(C#N)(c2ccc(OC)c(OC)c2)C(C)C)cc1OC. The van der Waals surface area contributed by atoms with Crippen molar-refractivity contribution in [3.63, 3.8) is 0 Å². The van der Waals surface area contributed by atoms with E-state index in [1.165, 1.54) is 5.56 Å². The van der Waals surface area contributed by atoms with Crippen LogP contribution in [0.25, 0.3) is 0 Å². The minimum atomic E-state index is -0.844. The van der Waals surface area contributed by atoms with Gasteiger partial charge in [-0.15, -0.1) is 0 Å². The van der Waals surface area contributed by atoms with E-state index in [2.05, 4.69) is 24.1 Å². The van der Waals surface area contributed by atoms with Gasteiger partial charge in [-0.05, 0) is 67.7 Å². The molecule has 186 valence electrons. The van der Waals surface area contributed by atoms with Crippen molar-refractivity contribution in [2.75, 3.05) is 48.6 Å². The van der Waals surface area contributed by atoms with Crippen molar-refractivity contribution in [3.8, 4) is 29.1 Å². The number of methoxy groups -OCH3 is 4. The third kappa shape index (κ3) is 5.94. The van der Waals surface area contributed by atoms with Crippen LogP contribution in [0.15, 0.2) is 36.4 Å². The molecule has 0 radical (unpaired) electrons. The quantitative estimate of drug-likeness (QED) is 0.474. The van der Waals surface area contributed by atoms with Crippen molar-refractivity contribution in [2.45, 2.75) is 38.1 Å². The molecule has 0 aliphatic carbocycles. The monoisotopic (exact) mass is 469 g/mol. The number of nitrogens with zero attached hydrogens (tertiary/aromatic N) is 2. The molecule has 0 aliphatic rings. The molecule has 0 saturated carbocycles. The number of hydrogen-bond acceptors (Lipinski definition) is 7. The maximum Gasteiger partial charge on any atom is 0.161 e. The number of nitrogens with two attached hydrogens (primary N) is 1. The summed E-state index contributed by atoms with van der Waals surface area (Å²) in [6.45, 7) is 5.72. The third-order valence-corrected chi connectivity index (χ3v) is 6.59. The second-order valence-corrected chi connectivity index (χ2v) is 8.84. The summed E-state index contributed by atoms with van der Waals surface area (Å²) in [5, 5.41) is 10.3. The van der Waals surface area contributed by atoms with E-state index >= 15 is 0 Å². The fourth-order valence-electron chi connectivity index (χ4n) is 4.40. The summed E-state index contributed by atoms with van der Waals surface area (Å²) in [6.07, 6.45) is 1.55. The molecule has 7 heteroatoms. The average Bonchev–Trinajstić information content (AvgIpc) is 2.86. The number of hydrogen-bond donors (Lipinski definition) is 1. The lowest BCUT2D eigenvalue weighted by Crippen LogP contribution is -2.49. The first-order chi connectivity index (χ1) is 16.3. The van der Waals surface area contributed by atoms with Gasteiger partial charge >= 0.3 is 0 Å². The summed E-state index contributed by atoms with van der Waals surface area (Å²) in [5.41, 5.74) is 7.91. The minimum absolute atomic E-state index is 0.0164. The predicted octanol–water partition coefficient (Wildman–Crippen LogP) is 4.03.